The van der Waals surface area contributed by atoms with Crippen LogP contribution in [0.3, 0.4) is 0 Å². The van der Waals surface area contributed by atoms with Crippen LogP contribution in [0.4, 0.5) is 4.39 Å². The van der Waals surface area contributed by atoms with Crippen LogP contribution in [-0.4, -0.2) is 24.1 Å². The van der Waals surface area contributed by atoms with E-state index in [0.29, 0.717) is 43.7 Å². The summed E-state index contributed by atoms with van der Waals surface area (Å²) in [6, 6.07) is 15.1. The summed E-state index contributed by atoms with van der Waals surface area (Å²) < 4.78 is 17.8. The summed E-state index contributed by atoms with van der Waals surface area (Å²) in [5.74, 6) is 0.396. The van der Waals surface area contributed by atoms with E-state index < -0.39 is 5.82 Å². The van der Waals surface area contributed by atoms with Crippen molar-refractivity contribution >= 4 is 39.7 Å². The molecule has 0 N–H and O–H groups in total. The Kier molecular flexibility index (Phi) is 5.31. The Balaban J connectivity index is 1.57. The number of aromatic nitrogens is 5. The number of nitrogens with zero attached hydrogens (tertiary/aromatic N) is 5. The minimum atomic E-state index is -0.408. The van der Waals surface area contributed by atoms with E-state index in [1.165, 1.54) is 39.6 Å². The van der Waals surface area contributed by atoms with Gasteiger partial charge in [0.25, 0.3) is 5.56 Å². The molecule has 0 amide bonds. The number of thiazole rings is 1. The molecule has 0 aliphatic heterocycles. The van der Waals surface area contributed by atoms with Crippen LogP contribution < -0.4 is 5.56 Å². The van der Waals surface area contributed by atoms with Crippen LogP contribution in [0, 0.1) is 5.82 Å². The Bertz CT molecular complexity index is 1460. The fourth-order valence-corrected chi connectivity index (χ4v) is 4.93. The van der Waals surface area contributed by atoms with Gasteiger partial charge < -0.3 is 0 Å². The van der Waals surface area contributed by atoms with E-state index in [-0.39, 0.29) is 5.56 Å². The highest BCUT2D eigenvalue weighted by Crippen LogP contribution is 2.33. The number of hydrogen-bond acceptors (Lipinski definition) is 6. The van der Waals surface area contributed by atoms with Crippen molar-refractivity contribution < 1.29 is 4.39 Å². The Labute approximate surface area is 189 Å². The van der Waals surface area contributed by atoms with Gasteiger partial charge in [-0.15, -0.1) is 21.5 Å². The van der Waals surface area contributed by atoms with Crippen LogP contribution in [-0.2, 0) is 5.75 Å². The van der Waals surface area contributed by atoms with Gasteiger partial charge in [-0.25, -0.2) is 9.37 Å². The van der Waals surface area contributed by atoms with Gasteiger partial charge in [0.05, 0.1) is 16.4 Å². The van der Waals surface area contributed by atoms with E-state index >= 15 is 0 Å². The first-order valence-electron chi connectivity index (χ1n) is 9.15. The summed E-state index contributed by atoms with van der Waals surface area (Å²) >= 11 is 9.08. The third kappa shape index (κ3) is 3.76. The van der Waals surface area contributed by atoms with E-state index in [4.69, 9.17) is 11.6 Å². The molecule has 0 radical (unpaired) electrons. The van der Waals surface area contributed by atoms with Gasteiger partial charge in [0.1, 0.15) is 5.82 Å². The zero-order valence-electron chi connectivity index (χ0n) is 15.8. The molecule has 3 heterocycles. The Morgan fingerprint density at radius 2 is 1.90 bits per heavy atom. The second-order valence-electron chi connectivity index (χ2n) is 6.50. The molecule has 0 saturated heterocycles. The third-order valence-electron chi connectivity index (χ3n) is 4.55. The Hall–Kier alpha value is -3.01. The van der Waals surface area contributed by atoms with Crippen molar-refractivity contribution in [2.45, 2.75) is 10.9 Å². The monoisotopic (exact) mass is 469 g/mol. The number of rotatable bonds is 5. The van der Waals surface area contributed by atoms with E-state index in [2.05, 4.69) is 15.2 Å². The SMILES string of the molecule is O=c1cc(CSc2nnc(-c3ccccc3Cl)n2-c2ccccc2F)nc2sccn12. The number of halogens is 2. The fraction of sp³-hybridized carbons (Fsp3) is 0.0476. The minimum absolute atomic E-state index is 0.144. The van der Waals surface area contributed by atoms with Crippen molar-refractivity contribution in [3.05, 3.63) is 93.1 Å². The zero-order valence-corrected chi connectivity index (χ0v) is 18.2. The van der Waals surface area contributed by atoms with Crippen molar-refractivity contribution in [2.75, 3.05) is 0 Å². The Morgan fingerprint density at radius 3 is 2.74 bits per heavy atom. The maximum Gasteiger partial charge on any atom is 0.258 e. The summed E-state index contributed by atoms with van der Waals surface area (Å²) in [4.78, 5) is 17.4. The van der Waals surface area contributed by atoms with Gasteiger partial charge in [-0.2, -0.15) is 0 Å². The van der Waals surface area contributed by atoms with Crippen molar-refractivity contribution in [1.82, 2.24) is 24.1 Å². The average molecular weight is 470 g/mol. The summed E-state index contributed by atoms with van der Waals surface area (Å²) in [5, 5.41) is 11.3. The van der Waals surface area contributed by atoms with Gasteiger partial charge in [-0.05, 0) is 24.3 Å². The Morgan fingerprint density at radius 1 is 1.10 bits per heavy atom. The van der Waals surface area contributed by atoms with Gasteiger partial charge in [0.2, 0.25) is 0 Å². The largest absolute Gasteiger partial charge is 0.269 e. The molecule has 2 aromatic carbocycles. The van der Waals surface area contributed by atoms with Crippen molar-refractivity contribution in [2.24, 2.45) is 0 Å². The zero-order chi connectivity index (χ0) is 21.4. The molecule has 5 aromatic rings. The van der Waals surface area contributed by atoms with Gasteiger partial charge in [0.15, 0.2) is 15.9 Å². The average Bonchev–Trinajstić information content (AvgIpc) is 3.40. The first kappa shape index (κ1) is 19.9. The number of hydrogen-bond donors (Lipinski definition) is 0. The molecule has 6 nitrogen and oxygen atoms in total. The van der Waals surface area contributed by atoms with Gasteiger partial charge >= 0.3 is 0 Å². The molecular formula is C21H13ClFN5OS2. The minimum Gasteiger partial charge on any atom is -0.269 e. The van der Waals surface area contributed by atoms with E-state index in [0.717, 1.165) is 0 Å². The smallest absolute Gasteiger partial charge is 0.258 e. The molecule has 0 aliphatic carbocycles. The highest BCUT2D eigenvalue weighted by Gasteiger charge is 2.20. The second-order valence-corrected chi connectivity index (χ2v) is 8.73. The number of thioether (sulfide) groups is 1. The predicted octanol–water partition coefficient (Wildman–Crippen LogP) is 5.09. The van der Waals surface area contributed by atoms with Crippen LogP contribution in [0.1, 0.15) is 5.69 Å². The van der Waals surface area contributed by atoms with Crippen molar-refractivity contribution in [1.29, 1.82) is 0 Å². The molecule has 3 aromatic heterocycles. The first-order valence-corrected chi connectivity index (χ1v) is 11.4. The van der Waals surface area contributed by atoms with Crippen molar-refractivity contribution in [3.63, 3.8) is 0 Å². The van der Waals surface area contributed by atoms with E-state index in [1.807, 2.05) is 23.6 Å². The lowest BCUT2D eigenvalue weighted by molar-refractivity contribution is 0.613. The molecule has 0 spiro atoms. The summed E-state index contributed by atoms with van der Waals surface area (Å²) in [5.41, 5.74) is 1.42. The number of fused-ring (bicyclic) bond motifs is 1. The van der Waals surface area contributed by atoms with Crippen LogP contribution in [0.2, 0.25) is 5.02 Å². The maximum atomic E-state index is 14.7. The quantitative estimate of drug-likeness (QED) is 0.335. The number of para-hydroxylation sites is 1. The third-order valence-corrected chi connectivity index (χ3v) is 6.60. The first-order chi connectivity index (χ1) is 15.1. The topological polar surface area (TPSA) is 65.1 Å². The van der Waals surface area contributed by atoms with Crippen LogP contribution in [0.15, 0.2) is 76.1 Å². The van der Waals surface area contributed by atoms with Crippen LogP contribution in [0.5, 0.6) is 0 Å². The molecule has 0 atom stereocenters. The summed E-state index contributed by atoms with van der Waals surface area (Å²) in [7, 11) is 0. The van der Waals surface area contributed by atoms with Crippen LogP contribution in [0.25, 0.3) is 22.0 Å². The lowest BCUT2D eigenvalue weighted by atomic mass is 10.2. The normalized spacial score (nSPS) is 11.3. The molecule has 5 rings (SSSR count). The molecule has 0 unspecified atom stereocenters. The van der Waals surface area contributed by atoms with Crippen LogP contribution >= 0.6 is 34.7 Å². The van der Waals surface area contributed by atoms with Gasteiger partial charge in [-0.1, -0.05) is 47.6 Å². The maximum absolute atomic E-state index is 14.7. The molecule has 0 fully saturated rings. The summed E-state index contributed by atoms with van der Waals surface area (Å²) in [6.07, 6.45) is 1.69. The summed E-state index contributed by atoms with van der Waals surface area (Å²) in [6.45, 7) is 0. The highest BCUT2D eigenvalue weighted by atomic mass is 35.5. The molecule has 31 heavy (non-hydrogen) atoms. The second kappa shape index (κ2) is 8.26. The van der Waals surface area contributed by atoms with Gasteiger partial charge in [0, 0.05) is 29.0 Å². The molecule has 0 bridgehead atoms. The molecule has 154 valence electrons. The van der Waals surface area contributed by atoms with E-state index in [9.17, 15) is 9.18 Å². The molecular weight excluding hydrogens is 457 g/mol. The predicted molar refractivity (Wildman–Crippen MR) is 121 cm³/mol. The van der Waals surface area contributed by atoms with Gasteiger partial charge in [-0.3, -0.25) is 13.8 Å². The van der Waals surface area contributed by atoms with E-state index in [1.54, 1.807) is 35.0 Å². The molecule has 0 aliphatic rings. The highest BCUT2D eigenvalue weighted by molar-refractivity contribution is 7.98. The lowest BCUT2D eigenvalue weighted by Crippen LogP contribution is -2.12. The molecule has 10 heteroatoms. The molecule has 0 saturated carbocycles. The fourth-order valence-electron chi connectivity index (χ4n) is 3.13. The lowest BCUT2D eigenvalue weighted by Gasteiger charge is -2.12. The standard InChI is InChI=1S/C21H13ClFN5OS2/c22-15-6-2-1-5-14(15)19-25-26-21(28(19)17-8-4-3-7-16(17)23)31-12-13-11-18(29)27-9-10-30-20(27)24-13/h1-11H,12H2. The number of benzene rings is 2. The van der Waals surface area contributed by atoms with Crippen molar-refractivity contribution in [3.8, 4) is 17.1 Å².